The molecule has 2 atom stereocenters. The van der Waals surface area contributed by atoms with E-state index in [4.69, 9.17) is 22.3 Å². The fourth-order valence-corrected chi connectivity index (χ4v) is 5.94. The molecule has 1 aliphatic heterocycles. The van der Waals surface area contributed by atoms with Gasteiger partial charge in [0.25, 0.3) is 0 Å². The second-order valence-corrected chi connectivity index (χ2v) is 11.2. The van der Waals surface area contributed by atoms with Gasteiger partial charge in [-0.3, -0.25) is 9.88 Å². The molecule has 2 aromatic heterocycles. The first-order valence-electron chi connectivity index (χ1n) is 11.1. The standard InChI is InChI=1S/C24H27ClN6O2S/c1-29-15-27-14-21(29)22(26)20-12-16-4-3-7-28-23(16)24(18-6-5-17(25)13-19(18)20)30-8-10-31(11-9-30)34(2,32)33/h3-7,12-15,22,24H,8-11,26H2,1-2H3. The Morgan fingerprint density at radius 1 is 1.18 bits per heavy atom. The highest BCUT2D eigenvalue weighted by Crippen LogP contribution is 2.43. The molecule has 1 aliphatic carbocycles. The number of imidazole rings is 1. The highest BCUT2D eigenvalue weighted by molar-refractivity contribution is 7.88. The van der Waals surface area contributed by atoms with Crippen LogP contribution in [0, 0.1) is 0 Å². The number of hydrogen-bond donors (Lipinski definition) is 1. The van der Waals surface area contributed by atoms with Gasteiger partial charge in [-0.15, -0.1) is 0 Å². The quantitative estimate of drug-likeness (QED) is 0.594. The van der Waals surface area contributed by atoms with Crippen LogP contribution in [0.1, 0.15) is 40.2 Å². The summed E-state index contributed by atoms with van der Waals surface area (Å²) < 4.78 is 27.6. The van der Waals surface area contributed by atoms with E-state index in [9.17, 15) is 8.42 Å². The molecule has 3 aromatic rings. The molecule has 2 N–H and O–H groups in total. The summed E-state index contributed by atoms with van der Waals surface area (Å²) in [6.45, 7) is 2.07. The van der Waals surface area contributed by atoms with Gasteiger partial charge in [-0.1, -0.05) is 23.7 Å². The Morgan fingerprint density at radius 3 is 2.62 bits per heavy atom. The molecule has 2 unspecified atom stereocenters. The maximum Gasteiger partial charge on any atom is 0.211 e. The largest absolute Gasteiger partial charge is 0.336 e. The lowest BCUT2D eigenvalue weighted by Crippen LogP contribution is -2.49. The van der Waals surface area contributed by atoms with Crippen LogP contribution in [0.2, 0.25) is 5.02 Å². The third-order valence-corrected chi connectivity index (χ3v) is 8.22. The molecule has 1 fully saturated rings. The second-order valence-electron chi connectivity index (χ2n) is 8.82. The lowest BCUT2D eigenvalue weighted by atomic mass is 9.90. The van der Waals surface area contributed by atoms with Crippen molar-refractivity contribution in [2.45, 2.75) is 12.1 Å². The van der Waals surface area contributed by atoms with Crippen LogP contribution < -0.4 is 5.73 Å². The molecule has 2 aliphatic rings. The minimum atomic E-state index is -3.22. The number of benzene rings is 1. The predicted molar refractivity (Wildman–Crippen MR) is 134 cm³/mol. The summed E-state index contributed by atoms with van der Waals surface area (Å²) in [6, 6.07) is 9.29. The van der Waals surface area contributed by atoms with Crippen molar-refractivity contribution in [1.82, 2.24) is 23.7 Å². The van der Waals surface area contributed by atoms with Gasteiger partial charge in [0.05, 0.1) is 42.3 Å². The lowest BCUT2D eigenvalue weighted by molar-refractivity contribution is 0.154. The molecule has 34 heavy (non-hydrogen) atoms. The Kier molecular flexibility index (Phi) is 6.07. The molecule has 0 amide bonds. The molecule has 1 saturated heterocycles. The molecular formula is C24H27ClN6O2S. The van der Waals surface area contributed by atoms with Crippen molar-refractivity contribution in [2.24, 2.45) is 12.8 Å². The molecule has 3 heterocycles. The first-order chi connectivity index (χ1) is 16.2. The first kappa shape index (κ1) is 23.2. The number of sulfonamides is 1. The molecular weight excluding hydrogens is 472 g/mol. The number of rotatable bonds is 4. The van der Waals surface area contributed by atoms with Gasteiger partial charge in [0.15, 0.2) is 0 Å². The lowest BCUT2D eigenvalue weighted by Gasteiger charge is -2.39. The van der Waals surface area contributed by atoms with Crippen molar-refractivity contribution in [2.75, 3.05) is 32.4 Å². The SMILES string of the molecule is Cn1cncc1C(N)C1=Cc2cccnc2C(N2CCN(S(C)(=O)=O)CC2)c2ccc(Cl)cc21. The van der Waals surface area contributed by atoms with Gasteiger partial charge in [-0.05, 0) is 46.5 Å². The number of piperazine rings is 1. The van der Waals surface area contributed by atoms with E-state index >= 15 is 0 Å². The first-order valence-corrected chi connectivity index (χ1v) is 13.3. The third kappa shape index (κ3) is 4.18. The average Bonchev–Trinajstić information content (AvgIpc) is 3.18. The molecule has 0 bridgehead atoms. The van der Waals surface area contributed by atoms with E-state index in [1.165, 1.54) is 10.6 Å². The van der Waals surface area contributed by atoms with Crippen LogP contribution in [0.3, 0.4) is 0 Å². The fraction of sp³-hybridized carbons (Fsp3) is 0.333. The number of fused-ring (bicyclic) bond motifs is 2. The van der Waals surface area contributed by atoms with Crippen molar-refractivity contribution in [1.29, 1.82) is 0 Å². The average molecular weight is 499 g/mol. The van der Waals surface area contributed by atoms with Gasteiger partial charge in [-0.2, -0.15) is 4.31 Å². The van der Waals surface area contributed by atoms with Crippen molar-refractivity contribution in [3.8, 4) is 0 Å². The third-order valence-electron chi connectivity index (χ3n) is 6.68. The summed E-state index contributed by atoms with van der Waals surface area (Å²) in [5.41, 5.74) is 12.6. The Balaban J connectivity index is 1.64. The van der Waals surface area contributed by atoms with Crippen LogP contribution >= 0.6 is 11.6 Å². The van der Waals surface area contributed by atoms with Crippen LogP contribution in [0.5, 0.6) is 0 Å². The number of nitrogens with zero attached hydrogens (tertiary/aromatic N) is 5. The van der Waals surface area contributed by atoms with E-state index in [1.54, 1.807) is 18.7 Å². The van der Waals surface area contributed by atoms with Crippen LogP contribution in [-0.2, 0) is 17.1 Å². The van der Waals surface area contributed by atoms with Gasteiger partial charge in [0.2, 0.25) is 10.0 Å². The molecule has 0 spiro atoms. The summed E-state index contributed by atoms with van der Waals surface area (Å²) in [6.07, 6.45) is 8.69. The summed E-state index contributed by atoms with van der Waals surface area (Å²) in [5, 5.41) is 0.626. The van der Waals surface area contributed by atoms with Gasteiger partial charge in [-0.25, -0.2) is 13.4 Å². The van der Waals surface area contributed by atoms with Crippen LogP contribution in [0.15, 0.2) is 49.1 Å². The fourth-order valence-electron chi connectivity index (χ4n) is 4.94. The summed E-state index contributed by atoms with van der Waals surface area (Å²) in [7, 11) is -1.30. The molecule has 10 heteroatoms. The minimum Gasteiger partial charge on any atom is -0.336 e. The Labute approximate surface area is 204 Å². The molecule has 1 aromatic carbocycles. The van der Waals surface area contributed by atoms with E-state index in [0.717, 1.165) is 33.7 Å². The van der Waals surface area contributed by atoms with E-state index in [1.807, 2.05) is 41.9 Å². The second kappa shape index (κ2) is 8.90. The minimum absolute atomic E-state index is 0.155. The van der Waals surface area contributed by atoms with Crippen LogP contribution in [0.4, 0.5) is 0 Å². The topological polar surface area (TPSA) is 97.3 Å². The Morgan fingerprint density at radius 2 is 1.94 bits per heavy atom. The maximum atomic E-state index is 12.1. The summed E-state index contributed by atoms with van der Waals surface area (Å²) in [4.78, 5) is 11.3. The van der Waals surface area contributed by atoms with Crippen molar-refractivity contribution in [3.63, 3.8) is 0 Å². The molecule has 0 saturated carbocycles. The van der Waals surface area contributed by atoms with E-state index in [0.29, 0.717) is 31.2 Å². The molecule has 5 rings (SSSR count). The van der Waals surface area contributed by atoms with Crippen LogP contribution in [0.25, 0.3) is 11.6 Å². The smallest absolute Gasteiger partial charge is 0.211 e. The van der Waals surface area contributed by atoms with Gasteiger partial charge < -0.3 is 10.3 Å². The zero-order valence-electron chi connectivity index (χ0n) is 19.1. The number of pyridine rings is 1. The predicted octanol–water partition coefficient (Wildman–Crippen LogP) is 2.69. The number of nitrogens with two attached hydrogens (primary N) is 1. The highest BCUT2D eigenvalue weighted by atomic mass is 35.5. The monoisotopic (exact) mass is 498 g/mol. The normalized spacial score (nSPS) is 20.2. The zero-order chi connectivity index (χ0) is 24.0. The highest BCUT2D eigenvalue weighted by Gasteiger charge is 2.35. The van der Waals surface area contributed by atoms with Gasteiger partial charge in [0, 0.05) is 44.4 Å². The molecule has 0 radical (unpaired) electrons. The van der Waals surface area contributed by atoms with Crippen molar-refractivity contribution in [3.05, 3.63) is 82.2 Å². The van der Waals surface area contributed by atoms with E-state index < -0.39 is 16.1 Å². The van der Waals surface area contributed by atoms with Crippen molar-refractivity contribution >= 4 is 33.3 Å². The Bertz CT molecular complexity index is 1360. The molecule has 8 nitrogen and oxygen atoms in total. The summed E-state index contributed by atoms with van der Waals surface area (Å²) in [5.74, 6) is 0. The number of halogens is 1. The van der Waals surface area contributed by atoms with Crippen LogP contribution in [-0.4, -0.2) is 64.6 Å². The van der Waals surface area contributed by atoms with Crippen molar-refractivity contribution < 1.29 is 8.42 Å². The van der Waals surface area contributed by atoms with E-state index in [2.05, 4.69) is 16.0 Å². The van der Waals surface area contributed by atoms with E-state index in [-0.39, 0.29) is 6.04 Å². The number of hydrogen-bond acceptors (Lipinski definition) is 6. The molecule has 178 valence electrons. The Hall–Kier alpha value is -2.56. The summed E-state index contributed by atoms with van der Waals surface area (Å²) >= 11 is 6.48. The maximum absolute atomic E-state index is 12.1. The zero-order valence-corrected chi connectivity index (χ0v) is 20.7. The number of aromatic nitrogens is 3. The van der Waals surface area contributed by atoms with Gasteiger partial charge >= 0.3 is 0 Å². The number of aryl methyl sites for hydroxylation is 1. The van der Waals surface area contributed by atoms with Gasteiger partial charge in [0.1, 0.15) is 0 Å².